The van der Waals surface area contributed by atoms with Gasteiger partial charge in [-0.15, -0.1) is 0 Å². The minimum Gasteiger partial charge on any atom is -0.506 e. The van der Waals surface area contributed by atoms with Crippen molar-refractivity contribution in [3.8, 4) is 5.75 Å². The van der Waals surface area contributed by atoms with Crippen LogP contribution < -0.4 is 10.6 Å². The molecule has 1 saturated carbocycles. The summed E-state index contributed by atoms with van der Waals surface area (Å²) < 4.78 is 0. The van der Waals surface area contributed by atoms with Crippen LogP contribution in [0.1, 0.15) is 69.9 Å². The lowest BCUT2D eigenvalue weighted by molar-refractivity contribution is -0.116. The fourth-order valence-electron chi connectivity index (χ4n) is 4.12. The van der Waals surface area contributed by atoms with Crippen molar-refractivity contribution >= 4 is 23.4 Å². The molecular weight excluding hydrogens is 364 g/mol. The predicted molar refractivity (Wildman–Crippen MR) is 106 cm³/mol. The van der Waals surface area contributed by atoms with Crippen LogP contribution in [0.5, 0.6) is 5.75 Å². The quantitative estimate of drug-likeness (QED) is 0.640. The van der Waals surface area contributed by atoms with E-state index >= 15 is 0 Å². The van der Waals surface area contributed by atoms with E-state index in [9.17, 15) is 14.7 Å². The Balaban J connectivity index is 1.84. The van der Waals surface area contributed by atoms with E-state index in [1.54, 1.807) is 12.1 Å². The number of phenols is 1. The first kappa shape index (κ1) is 19.7. The van der Waals surface area contributed by atoms with Gasteiger partial charge in [-0.2, -0.15) is 0 Å². The number of allylic oxidation sites excluding steroid dienone is 1. The Bertz CT molecular complexity index is 754. The number of Topliss-reactive ketones (excluding diaryl/α,β-unsaturated/α-hetero) is 1. The predicted octanol–water partition coefficient (Wildman–Crippen LogP) is 4.99. The Morgan fingerprint density at radius 2 is 2.00 bits per heavy atom. The van der Waals surface area contributed by atoms with Crippen molar-refractivity contribution in [2.24, 2.45) is 5.92 Å². The van der Waals surface area contributed by atoms with Crippen LogP contribution in [0.15, 0.2) is 29.5 Å². The zero-order valence-corrected chi connectivity index (χ0v) is 16.4. The fraction of sp³-hybridized carbons (Fsp3) is 0.524. The van der Waals surface area contributed by atoms with Gasteiger partial charge < -0.3 is 15.7 Å². The van der Waals surface area contributed by atoms with Gasteiger partial charge in [0.2, 0.25) is 0 Å². The summed E-state index contributed by atoms with van der Waals surface area (Å²) in [7, 11) is 0. The maximum atomic E-state index is 13.1. The summed E-state index contributed by atoms with van der Waals surface area (Å²) in [4.78, 5) is 25.2. The molecule has 1 aliphatic heterocycles. The number of ketones is 1. The number of carbonyl (C=O) groups excluding carboxylic acids is 2. The normalized spacial score (nSPS) is 21.0. The minimum absolute atomic E-state index is 0.0226. The Morgan fingerprint density at radius 1 is 1.26 bits per heavy atom. The number of hydrogen-bond acceptors (Lipinski definition) is 3. The van der Waals surface area contributed by atoms with Gasteiger partial charge in [-0.25, -0.2) is 4.79 Å². The molecule has 3 rings (SSSR count). The van der Waals surface area contributed by atoms with Gasteiger partial charge in [0.05, 0.1) is 11.1 Å². The maximum absolute atomic E-state index is 13.1. The molecule has 1 fully saturated rings. The maximum Gasteiger partial charge on any atom is 0.319 e. The molecular formula is C21H27ClN2O3. The first-order chi connectivity index (χ1) is 13.0. The van der Waals surface area contributed by atoms with Gasteiger partial charge in [0.25, 0.3) is 0 Å². The van der Waals surface area contributed by atoms with Gasteiger partial charge in [-0.3, -0.25) is 4.79 Å². The molecule has 1 aliphatic carbocycles. The number of phenolic OH excluding ortho intramolecular Hbond substituents is 1. The van der Waals surface area contributed by atoms with E-state index < -0.39 is 6.04 Å². The van der Waals surface area contributed by atoms with Gasteiger partial charge in [0.15, 0.2) is 5.78 Å². The summed E-state index contributed by atoms with van der Waals surface area (Å²) in [6, 6.07) is 3.91. The third-order valence-corrected chi connectivity index (χ3v) is 5.92. The van der Waals surface area contributed by atoms with Crippen LogP contribution in [0.25, 0.3) is 0 Å². The van der Waals surface area contributed by atoms with Crippen LogP contribution in [0.2, 0.25) is 5.02 Å². The zero-order chi connectivity index (χ0) is 19.4. The van der Waals surface area contributed by atoms with Gasteiger partial charge in [0.1, 0.15) is 5.75 Å². The standard InChI is InChI=1S/C21H27ClN2O3/c1-2-16-19(18(26)10-8-13-6-4-3-5-7-13)20(24-21(27)23-16)14-9-11-17(25)15(22)12-14/h9,11-13,20,25H,2-8,10H2,1H3,(H2,23,24,27)/t20-/m0/s1. The molecule has 1 aromatic rings. The van der Waals surface area contributed by atoms with E-state index in [-0.39, 0.29) is 22.6 Å². The highest BCUT2D eigenvalue weighted by Crippen LogP contribution is 2.34. The first-order valence-electron chi connectivity index (χ1n) is 9.81. The minimum atomic E-state index is -0.550. The number of rotatable bonds is 6. The lowest BCUT2D eigenvalue weighted by Crippen LogP contribution is -2.45. The number of carbonyl (C=O) groups is 2. The van der Waals surface area contributed by atoms with Gasteiger partial charge in [-0.05, 0) is 36.5 Å². The third-order valence-electron chi connectivity index (χ3n) is 5.62. The van der Waals surface area contributed by atoms with E-state index in [1.807, 2.05) is 6.92 Å². The molecule has 0 spiro atoms. The second-order valence-corrected chi connectivity index (χ2v) is 7.86. The van der Waals surface area contributed by atoms with Crippen LogP contribution in [0.3, 0.4) is 0 Å². The van der Waals surface area contributed by atoms with Crippen molar-refractivity contribution in [1.29, 1.82) is 0 Å². The Morgan fingerprint density at radius 3 is 2.67 bits per heavy atom. The SMILES string of the molecule is CCC1=C(C(=O)CCC2CCCCC2)[C@H](c2ccc(O)c(Cl)c2)NC(=O)N1. The van der Waals surface area contributed by atoms with E-state index in [4.69, 9.17) is 11.6 Å². The highest BCUT2D eigenvalue weighted by molar-refractivity contribution is 6.32. The first-order valence-corrected chi connectivity index (χ1v) is 10.2. The van der Waals surface area contributed by atoms with Crippen molar-refractivity contribution in [2.75, 3.05) is 0 Å². The number of urea groups is 1. The molecule has 6 heteroatoms. The van der Waals surface area contributed by atoms with Crippen LogP contribution in [-0.4, -0.2) is 16.9 Å². The van der Waals surface area contributed by atoms with Crippen LogP contribution in [0, 0.1) is 5.92 Å². The van der Waals surface area contributed by atoms with E-state index in [2.05, 4.69) is 10.6 Å². The Hall–Kier alpha value is -2.01. The number of amides is 2. The lowest BCUT2D eigenvalue weighted by atomic mass is 9.83. The number of hydrogen-bond donors (Lipinski definition) is 3. The average Bonchev–Trinajstić information content (AvgIpc) is 2.68. The zero-order valence-electron chi connectivity index (χ0n) is 15.7. The summed E-state index contributed by atoms with van der Waals surface area (Å²) in [5, 5.41) is 15.5. The summed E-state index contributed by atoms with van der Waals surface area (Å²) in [5.41, 5.74) is 1.97. The molecule has 5 nitrogen and oxygen atoms in total. The number of halogens is 1. The Labute approximate surface area is 165 Å². The van der Waals surface area contributed by atoms with E-state index in [0.29, 0.717) is 35.6 Å². The molecule has 0 bridgehead atoms. The smallest absolute Gasteiger partial charge is 0.319 e. The number of benzene rings is 1. The van der Waals surface area contributed by atoms with Crippen molar-refractivity contribution < 1.29 is 14.7 Å². The molecule has 2 aliphatic rings. The van der Waals surface area contributed by atoms with Crippen molar-refractivity contribution in [3.05, 3.63) is 40.1 Å². The summed E-state index contributed by atoms with van der Waals surface area (Å²) in [6.45, 7) is 1.93. The molecule has 2 amide bonds. The van der Waals surface area contributed by atoms with Gasteiger partial charge >= 0.3 is 6.03 Å². The molecule has 3 N–H and O–H groups in total. The molecule has 0 aromatic heterocycles. The number of aromatic hydroxyl groups is 1. The molecule has 1 heterocycles. The Kier molecular flexibility index (Phi) is 6.42. The molecule has 0 unspecified atom stereocenters. The van der Waals surface area contributed by atoms with Crippen LogP contribution in [0.4, 0.5) is 4.79 Å². The lowest BCUT2D eigenvalue weighted by Gasteiger charge is -2.30. The summed E-state index contributed by atoms with van der Waals surface area (Å²) in [6.07, 6.45) is 8.19. The fourth-order valence-corrected chi connectivity index (χ4v) is 4.31. The summed E-state index contributed by atoms with van der Waals surface area (Å²) in [5.74, 6) is 0.672. The van der Waals surface area contributed by atoms with Gasteiger partial charge in [-0.1, -0.05) is 56.7 Å². The third kappa shape index (κ3) is 4.64. The van der Waals surface area contributed by atoms with E-state index in [0.717, 1.165) is 6.42 Å². The molecule has 1 aromatic carbocycles. The van der Waals surface area contributed by atoms with Crippen molar-refractivity contribution in [1.82, 2.24) is 10.6 Å². The van der Waals surface area contributed by atoms with Gasteiger partial charge in [0, 0.05) is 17.7 Å². The largest absolute Gasteiger partial charge is 0.506 e. The molecule has 27 heavy (non-hydrogen) atoms. The highest BCUT2D eigenvalue weighted by atomic mass is 35.5. The van der Waals surface area contributed by atoms with Crippen LogP contribution >= 0.6 is 11.6 Å². The molecule has 0 saturated heterocycles. The van der Waals surface area contributed by atoms with E-state index in [1.165, 1.54) is 38.2 Å². The van der Waals surface area contributed by atoms with Crippen molar-refractivity contribution in [3.63, 3.8) is 0 Å². The average molecular weight is 391 g/mol. The molecule has 0 radical (unpaired) electrons. The highest BCUT2D eigenvalue weighted by Gasteiger charge is 2.32. The second kappa shape index (κ2) is 8.79. The monoisotopic (exact) mass is 390 g/mol. The number of nitrogens with one attached hydrogen (secondary N) is 2. The van der Waals surface area contributed by atoms with Crippen LogP contribution in [-0.2, 0) is 4.79 Å². The topological polar surface area (TPSA) is 78.4 Å². The molecule has 146 valence electrons. The molecule has 1 atom stereocenters. The second-order valence-electron chi connectivity index (χ2n) is 7.45. The summed E-state index contributed by atoms with van der Waals surface area (Å²) >= 11 is 6.05. The van der Waals surface area contributed by atoms with Crippen molar-refractivity contribution in [2.45, 2.75) is 64.3 Å².